The summed E-state index contributed by atoms with van der Waals surface area (Å²) in [4.78, 5) is 0.361. The lowest BCUT2D eigenvalue weighted by atomic mass is 10.1. The highest BCUT2D eigenvalue weighted by atomic mass is 32.2. The van der Waals surface area contributed by atoms with Crippen molar-refractivity contribution in [3.8, 4) is 23.3 Å². The average Bonchev–Trinajstić information content (AvgIpc) is 2.61. The standard InChI is InChI=1S/C17H16N2O4S/c1-21-14-9-12(10-15(22-2)17(14)23-3)8-13(11-18)24-16-6-4-5-7-19(16)20/h4-10H,1-3H3. The molecule has 0 aliphatic heterocycles. The van der Waals surface area contributed by atoms with Crippen molar-refractivity contribution in [2.45, 2.75) is 5.03 Å². The lowest BCUT2D eigenvalue weighted by Crippen LogP contribution is -2.27. The van der Waals surface area contributed by atoms with Gasteiger partial charge in [0.05, 0.1) is 26.2 Å². The first-order valence-corrected chi connectivity index (χ1v) is 7.72. The molecule has 0 N–H and O–H groups in total. The number of pyridine rings is 1. The number of ether oxygens (including phenoxy) is 3. The molecule has 0 fully saturated rings. The molecule has 6 nitrogen and oxygen atoms in total. The fraction of sp³-hybridized carbons (Fsp3) is 0.176. The summed E-state index contributed by atoms with van der Waals surface area (Å²) >= 11 is 1.08. The first kappa shape index (κ1) is 17.5. The summed E-state index contributed by atoms with van der Waals surface area (Å²) in [6.45, 7) is 0. The van der Waals surface area contributed by atoms with Gasteiger partial charge in [0, 0.05) is 12.1 Å². The predicted octanol–water partition coefficient (Wildman–Crippen LogP) is 3.00. The minimum Gasteiger partial charge on any atom is -0.618 e. The zero-order chi connectivity index (χ0) is 17.5. The molecule has 2 aromatic rings. The number of rotatable bonds is 6. The number of nitriles is 1. The lowest BCUT2D eigenvalue weighted by molar-refractivity contribution is -0.645. The van der Waals surface area contributed by atoms with Crippen LogP contribution in [0.25, 0.3) is 6.08 Å². The fourth-order valence-electron chi connectivity index (χ4n) is 2.02. The van der Waals surface area contributed by atoms with Crippen LogP contribution in [0.3, 0.4) is 0 Å². The minimum absolute atomic E-state index is 0.361. The van der Waals surface area contributed by atoms with E-state index >= 15 is 0 Å². The Morgan fingerprint density at radius 3 is 2.33 bits per heavy atom. The van der Waals surface area contributed by atoms with E-state index in [0.29, 0.717) is 37.5 Å². The van der Waals surface area contributed by atoms with Crippen LogP contribution in [0.1, 0.15) is 5.56 Å². The third-order valence-electron chi connectivity index (χ3n) is 3.10. The summed E-state index contributed by atoms with van der Waals surface area (Å²) in [6, 6.07) is 10.6. The number of thioether (sulfide) groups is 1. The number of methoxy groups -OCH3 is 3. The molecule has 24 heavy (non-hydrogen) atoms. The van der Waals surface area contributed by atoms with Crippen LogP contribution < -0.4 is 18.9 Å². The van der Waals surface area contributed by atoms with Gasteiger partial charge in [0.1, 0.15) is 6.07 Å². The van der Waals surface area contributed by atoms with Crippen LogP contribution in [0.2, 0.25) is 0 Å². The second-order valence-electron chi connectivity index (χ2n) is 4.55. The Bertz CT molecular complexity index is 774. The van der Waals surface area contributed by atoms with E-state index in [1.807, 2.05) is 0 Å². The van der Waals surface area contributed by atoms with E-state index in [0.717, 1.165) is 11.8 Å². The highest BCUT2D eigenvalue weighted by Crippen LogP contribution is 2.39. The van der Waals surface area contributed by atoms with Gasteiger partial charge >= 0.3 is 0 Å². The molecule has 0 saturated heterocycles. The van der Waals surface area contributed by atoms with Crippen molar-refractivity contribution in [3.05, 3.63) is 52.2 Å². The molecule has 0 atom stereocenters. The van der Waals surface area contributed by atoms with E-state index in [-0.39, 0.29) is 0 Å². The van der Waals surface area contributed by atoms with Crippen molar-refractivity contribution in [1.29, 1.82) is 5.26 Å². The molecule has 0 bridgehead atoms. The summed E-state index contributed by atoms with van der Waals surface area (Å²) < 4.78 is 16.6. The Morgan fingerprint density at radius 2 is 1.83 bits per heavy atom. The van der Waals surface area contributed by atoms with Crippen LogP contribution in [0, 0.1) is 16.5 Å². The van der Waals surface area contributed by atoms with Gasteiger partial charge in [-0.25, -0.2) is 0 Å². The Hall–Kier alpha value is -2.85. The van der Waals surface area contributed by atoms with Crippen molar-refractivity contribution in [2.75, 3.05) is 21.3 Å². The molecule has 1 aromatic carbocycles. The van der Waals surface area contributed by atoms with Crippen molar-refractivity contribution in [2.24, 2.45) is 0 Å². The third-order valence-corrected chi connectivity index (χ3v) is 4.05. The number of allylic oxidation sites excluding steroid dienone is 1. The maximum absolute atomic E-state index is 11.7. The van der Waals surface area contributed by atoms with Gasteiger partial charge in [-0.1, -0.05) is 0 Å². The monoisotopic (exact) mass is 344 g/mol. The van der Waals surface area contributed by atoms with Crippen LogP contribution in [-0.4, -0.2) is 21.3 Å². The highest BCUT2D eigenvalue weighted by Gasteiger charge is 2.14. The molecule has 1 heterocycles. The van der Waals surface area contributed by atoms with Gasteiger partial charge in [0.2, 0.25) is 5.75 Å². The van der Waals surface area contributed by atoms with Gasteiger partial charge in [-0.05, 0) is 41.6 Å². The van der Waals surface area contributed by atoms with Crippen molar-refractivity contribution in [3.63, 3.8) is 0 Å². The van der Waals surface area contributed by atoms with Crippen molar-refractivity contribution in [1.82, 2.24) is 0 Å². The number of aromatic nitrogens is 1. The number of benzene rings is 1. The molecule has 0 unspecified atom stereocenters. The molecule has 7 heteroatoms. The Balaban J connectivity index is 2.41. The normalized spacial score (nSPS) is 10.8. The topological polar surface area (TPSA) is 78.4 Å². The second kappa shape index (κ2) is 8.13. The van der Waals surface area contributed by atoms with E-state index in [2.05, 4.69) is 6.07 Å². The second-order valence-corrected chi connectivity index (χ2v) is 5.61. The predicted molar refractivity (Wildman–Crippen MR) is 90.9 cm³/mol. The van der Waals surface area contributed by atoms with Crippen molar-refractivity contribution >= 4 is 17.8 Å². The maximum atomic E-state index is 11.7. The Labute approximate surface area is 144 Å². The quantitative estimate of drug-likeness (QED) is 0.347. The van der Waals surface area contributed by atoms with Gasteiger partial charge in [-0.3, -0.25) is 0 Å². The SMILES string of the molecule is COc1cc(C=C(C#N)Sc2cccc[n+]2[O-])cc(OC)c1OC. The molecule has 1 aromatic heterocycles. The van der Waals surface area contributed by atoms with E-state index in [1.165, 1.54) is 27.5 Å². The van der Waals surface area contributed by atoms with E-state index < -0.39 is 0 Å². The summed E-state index contributed by atoms with van der Waals surface area (Å²) in [7, 11) is 4.57. The van der Waals surface area contributed by atoms with Gasteiger partial charge in [-0.2, -0.15) is 9.99 Å². The van der Waals surface area contributed by atoms with Crippen LogP contribution >= 0.6 is 11.8 Å². The molecule has 0 saturated carbocycles. The Morgan fingerprint density at radius 1 is 1.17 bits per heavy atom. The minimum atomic E-state index is 0.361. The first-order valence-electron chi connectivity index (χ1n) is 6.90. The molecule has 0 aliphatic rings. The Kier molecular flexibility index (Phi) is 5.93. The molecule has 0 aliphatic carbocycles. The zero-order valence-corrected chi connectivity index (χ0v) is 14.3. The van der Waals surface area contributed by atoms with Gasteiger partial charge in [-0.15, -0.1) is 0 Å². The van der Waals surface area contributed by atoms with Crippen LogP contribution in [0.4, 0.5) is 0 Å². The van der Waals surface area contributed by atoms with E-state index in [1.54, 1.807) is 36.4 Å². The molecule has 0 spiro atoms. The van der Waals surface area contributed by atoms with Gasteiger partial charge in [0.15, 0.2) is 17.7 Å². The van der Waals surface area contributed by atoms with Crippen LogP contribution in [0.15, 0.2) is 46.5 Å². The highest BCUT2D eigenvalue weighted by molar-refractivity contribution is 8.03. The third kappa shape index (κ3) is 3.91. The summed E-state index contributed by atoms with van der Waals surface area (Å²) in [5.41, 5.74) is 0.696. The number of nitrogens with zero attached hydrogens (tertiary/aromatic N) is 2. The molecular formula is C17H16N2O4S. The van der Waals surface area contributed by atoms with Crippen LogP contribution in [-0.2, 0) is 0 Å². The molecule has 0 amide bonds. The molecular weight excluding hydrogens is 328 g/mol. The molecule has 124 valence electrons. The molecule has 0 radical (unpaired) electrons. The molecule has 2 rings (SSSR count). The zero-order valence-electron chi connectivity index (χ0n) is 13.5. The largest absolute Gasteiger partial charge is 0.618 e. The van der Waals surface area contributed by atoms with Crippen molar-refractivity contribution < 1.29 is 18.9 Å². The van der Waals surface area contributed by atoms with E-state index in [4.69, 9.17) is 14.2 Å². The van der Waals surface area contributed by atoms with E-state index in [9.17, 15) is 10.5 Å². The summed E-state index contributed by atoms with van der Waals surface area (Å²) in [6.07, 6.45) is 3.04. The summed E-state index contributed by atoms with van der Waals surface area (Å²) in [5, 5.41) is 21.5. The number of hydrogen-bond donors (Lipinski definition) is 0. The van der Waals surface area contributed by atoms with Gasteiger partial charge in [0.25, 0.3) is 5.03 Å². The maximum Gasteiger partial charge on any atom is 0.256 e. The van der Waals surface area contributed by atoms with Gasteiger partial charge < -0.3 is 19.4 Å². The lowest BCUT2D eigenvalue weighted by Gasteiger charge is -2.13. The first-order chi connectivity index (χ1) is 11.6. The fourth-order valence-corrected chi connectivity index (χ4v) is 2.79. The summed E-state index contributed by atoms with van der Waals surface area (Å²) in [5.74, 6) is 1.46. The number of hydrogen-bond acceptors (Lipinski definition) is 6. The smallest absolute Gasteiger partial charge is 0.256 e. The van der Waals surface area contributed by atoms with Crippen LogP contribution in [0.5, 0.6) is 17.2 Å². The average molecular weight is 344 g/mol.